The maximum atomic E-state index is 13.2. The number of hydrogen-bond donors (Lipinski definition) is 2. The van der Waals surface area contributed by atoms with Crippen LogP contribution in [0.1, 0.15) is 23.2 Å². The second kappa shape index (κ2) is 6.65. The molecule has 1 aromatic heterocycles. The summed E-state index contributed by atoms with van der Waals surface area (Å²) in [4.78, 5) is 18.3. The Kier molecular flexibility index (Phi) is 4.89. The van der Waals surface area contributed by atoms with E-state index in [9.17, 15) is 9.18 Å². The number of nitrogens with zero attached hydrogens (tertiary/aromatic N) is 2. The Morgan fingerprint density at radius 1 is 1.50 bits per heavy atom. The van der Waals surface area contributed by atoms with Crippen molar-refractivity contribution in [1.82, 2.24) is 15.2 Å². The Morgan fingerprint density at radius 3 is 2.85 bits per heavy atom. The van der Waals surface area contributed by atoms with Gasteiger partial charge in [0.1, 0.15) is 11.6 Å². The molecule has 0 unspecified atom stereocenters. The minimum absolute atomic E-state index is 0.250. The minimum atomic E-state index is -0.506. The summed E-state index contributed by atoms with van der Waals surface area (Å²) in [5.41, 5.74) is 0.250. The van der Waals surface area contributed by atoms with Crippen LogP contribution in [0.25, 0.3) is 0 Å². The van der Waals surface area contributed by atoms with Gasteiger partial charge in [-0.25, -0.2) is 9.37 Å². The van der Waals surface area contributed by atoms with Crippen molar-refractivity contribution in [2.24, 2.45) is 5.92 Å². The van der Waals surface area contributed by atoms with E-state index < -0.39 is 5.82 Å². The second-order valence-corrected chi connectivity index (χ2v) is 5.26. The number of pyridine rings is 1. The highest BCUT2D eigenvalue weighted by molar-refractivity contribution is 5.98. The quantitative estimate of drug-likeness (QED) is 0.874. The van der Waals surface area contributed by atoms with Crippen LogP contribution in [0.15, 0.2) is 12.3 Å². The lowest BCUT2D eigenvalue weighted by molar-refractivity contribution is 0.0939. The fraction of sp³-hybridized carbons (Fsp3) is 0.571. The highest BCUT2D eigenvalue weighted by Gasteiger charge is 2.19. The predicted octanol–water partition coefficient (Wildman–Crippen LogP) is 1.33. The highest BCUT2D eigenvalue weighted by atomic mass is 19.1. The number of rotatable bonds is 4. The zero-order valence-electron chi connectivity index (χ0n) is 11.9. The van der Waals surface area contributed by atoms with Crippen molar-refractivity contribution in [2.75, 3.05) is 39.0 Å². The lowest BCUT2D eigenvalue weighted by atomic mass is 9.97. The number of aromatic nitrogens is 1. The molecular formula is C14H21FN4O. The molecule has 0 aliphatic carbocycles. The van der Waals surface area contributed by atoms with Gasteiger partial charge >= 0.3 is 0 Å². The van der Waals surface area contributed by atoms with E-state index in [-0.39, 0.29) is 11.5 Å². The normalized spacial score (nSPS) is 16.9. The average molecular weight is 280 g/mol. The number of likely N-dealkylation sites (tertiary alicyclic amines) is 1. The smallest absolute Gasteiger partial charge is 0.255 e. The van der Waals surface area contributed by atoms with Crippen molar-refractivity contribution in [3.05, 3.63) is 23.6 Å². The van der Waals surface area contributed by atoms with Crippen LogP contribution >= 0.6 is 0 Å². The largest absolute Gasteiger partial charge is 0.372 e. The molecule has 2 N–H and O–H groups in total. The predicted molar refractivity (Wildman–Crippen MR) is 76.3 cm³/mol. The van der Waals surface area contributed by atoms with Gasteiger partial charge in [-0.1, -0.05) is 0 Å². The van der Waals surface area contributed by atoms with E-state index in [4.69, 9.17) is 0 Å². The third-order valence-electron chi connectivity index (χ3n) is 3.73. The van der Waals surface area contributed by atoms with Crippen molar-refractivity contribution in [2.45, 2.75) is 12.8 Å². The maximum absolute atomic E-state index is 13.2. The topological polar surface area (TPSA) is 57.3 Å². The van der Waals surface area contributed by atoms with Crippen LogP contribution in [0, 0.1) is 11.7 Å². The first-order chi connectivity index (χ1) is 9.60. The lowest BCUT2D eigenvalue weighted by Crippen LogP contribution is -2.37. The van der Waals surface area contributed by atoms with Crippen molar-refractivity contribution < 1.29 is 9.18 Å². The molecule has 0 bridgehead atoms. The molecule has 2 heterocycles. The van der Waals surface area contributed by atoms with Gasteiger partial charge in [0.05, 0.1) is 11.8 Å². The summed E-state index contributed by atoms with van der Waals surface area (Å²) < 4.78 is 13.2. The monoisotopic (exact) mass is 280 g/mol. The molecule has 0 spiro atoms. The van der Waals surface area contributed by atoms with Crippen LogP contribution in [-0.2, 0) is 0 Å². The number of halogens is 1. The Hall–Kier alpha value is -1.69. The molecule has 6 heteroatoms. The van der Waals surface area contributed by atoms with Crippen molar-refractivity contribution >= 4 is 11.7 Å². The van der Waals surface area contributed by atoms with Crippen LogP contribution in [0.4, 0.5) is 10.2 Å². The number of anilines is 1. The molecule has 1 aromatic rings. The van der Waals surface area contributed by atoms with E-state index in [1.165, 1.54) is 6.07 Å². The van der Waals surface area contributed by atoms with Gasteiger partial charge in [0.15, 0.2) is 0 Å². The average Bonchev–Trinajstić information content (AvgIpc) is 2.46. The summed E-state index contributed by atoms with van der Waals surface area (Å²) in [5, 5.41) is 5.68. The molecule has 20 heavy (non-hydrogen) atoms. The van der Waals surface area contributed by atoms with Gasteiger partial charge in [-0.2, -0.15) is 0 Å². The summed E-state index contributed by atoms with van der Waals surface area (Å²) in [6, 6.07) is 1.21. The molecule has 5 nitrogen and oxygen atoms in total. The van der Waals surface area contributed by atoms with Gasteiger partial charge in [0, 0.05) is 13.6 Å². The van der Waals surface area contributed by atoms with Gasteiger partial charge in [0.25, 0.3) is 5.91 Å². The van der Waals surface area contributed by atoms with Crippen molar-refractivity contribution in [1.29, 1.82) is 0 Å². The Balaban J connectivity index is 1.93. The third-order valence-corrected chi connectivity index (χ3v) is 3.73. The van der Waals surface area contributed by atoms with Crippen LogP contribution < -0.4 is 10.6 Å². The molecule has 0 radical (unpaired) electrons. The fourth-order valence-corrected chi connectivity index (χ4v) is 2.41. The summed E-state index contributed by atoms with van der Waals surface area (Å²) in [7, 11) is 3.76. The lowest BCUT2D eigenvalue weighted by Gasteiger charge is -2.28. The van der Waals surface area contributed by atoms with E-state index >= 15 is 0 Å². The van der Waals surface area contributed by atoms with Crippen molar-refractivity contribution in [3.63, 3.8) is 0 Å². The first-order valence-electron chi connectivity index (χ1n) is 6.90. The third kappa shape index (κ3) is 3.66. The summed E-state index contributed by atoms with van der Waals surface area (Å²) in [5.74, 6) is 0.107. The molecule has 1 amide bonds. The van der Waals surface area contributed by atoms with Crippen LogP contribution in [0.2, 0.25) is 0 Å². The van der Waals surface area contributed by atoms with E-state index in [1.807, 2.05) is 0 Å². The van der Waals surface area contributed by atoms with Crippen LogP contribution in [0.5, 0.6) is 0 Å². The molecule has 0 aromatic carbocycles. The Morgan fingerprint density at radius 2 is 2.20 bits per heavy atom. The van der Waals surface area contributed by atoms with Gasteiger partial charge < -0.3 is 15.5 Å². The van der Waals surface area contributed by atoms with Gasteiger partial charge in [-0.3, -0.25) is 4.79 Å². The van der Waals surface area contributed by atoms with E-state index in [2.05, 4.69) is 27.6 Å². The number of carbonyl (C=O) groups excluding carboxylic acids is 1. The zero-order chi connectivity index (χ0) is 14.5. The first kappa shape index (κ1) is 14.7. The summed E-state index contributed by atoms with van der Waals surface area (Å²) in [6.07, 6.45) is 3.26. The van der Waals surface area contributed by atoms with E-state index in [0.717, 1.165) is 32.1 Å². The number of amides is 1. The molecule has 1 saturated heterocycles. The standard InChI is InChI=1S/C14H21FN4O/c1-16-13-12(7-11(15)9-17-13)14(20)18-8-10-3-5-19(2)6-4-10/h7,9-10H,3-6,8H2,1-2H3,(H,16,17)(H,18,20). The van der Waals surface area contributed by atoms with Gasteiger partial charge in [0.2, 0.25) is 0 Å². The molecule has 1 fully saturated rings. The minimum Gasteiger partial charge on any atom is -0.372 e. The molecule has 1 aliphatic rings. The number of carbonyl (C=O) groups is 1. The van der Waals surface area contributed by atoms with Crippen LogP contribution in [0.3, 0.4) is 0 Å². The highest BCUT2D eigenvalue weighted by Crippen LogP contribution is 2.16. The molecule has 110 valence electrons. The fourth-order valence-electron chi connectivity index (χ4n) is 2.41. The van der Waals surface area contributed by atoms with Gasteiger partial charge in [-0.05, 0) is 45.0 Å². The summed E-state index contributed by atoms with van der Waals surface area (Å²) in [6.45, 7) is 2.75. The van der Waals surface area contributed by atoms with Gasteiger partial charge in [-0.15, -0.1) is 0 Å². The zero-order valence-corrected chi connectivity index (χ0v) is 11.9. The first-order valence-corrected chi connectivity index (χ1v) is 6.90. The molecule has 0 atom stereocenters. The molecule has 1 aliphatic heterocycles. The maximum Gasteiger partial charge on any atom is 0.255 e. The van der Waals surface area contributed by atoms with E-state index in [0.29, 0.717) is 18.3 Å². The molecular weight excluding hydrogens is 259 g/mol. The number of nitrogens with one attached hydrogen (secondary N) is 2. The second-order valence-electron chi connectivity index (χ2n) is 5.26. The SMILES string of the molecule is CNc1ncc(F)cc1C(=O)NCC1CCN(C)CC1. The van der Waals surface area contributed by atoms with Crippen molar-refractivity contribution in [3.8, 4) is 0 Å². The van der Waals surface area contributed by atoms with E-state index in [1.54, 1.807) is 7.05 Å². The Bertz CT molecular complexity index is 472. The molecule has 0 saturated carbocycles. The van der Waals surface area contributed by atoms with Crippen LogP contribution in [-0.4, -0.2) is 49.5 Å². The summed E-state index contributed by atoms with van der Waals surface area (Å²) >= 11 is 0. The molecule has 2 rings (SSSR count). The number of piperidine rings is 1. The number of hydrogen-bond acceptors (Lipinski definition) is 4. The Labute approximate surface area is 118 Å².